The first-order valence-electron chi connectivity index (χ1n) is 6.19. The van der Waals surface area contributed by atoms with E-state index in [-0.39, 0.29) is 5.41 Å². The number of hydrogen-bond acceptors (Lipinski definition) is 2. The molecule has 100 valence electrons. The summed E-state index contributed by atoms with van der Waals surface area (Å²) in [6.45, 7) is 11.9. The minimum Gasteiger partial charge on any atom is -0.444 e. The molecule has 1 aromatic rings. The van der Waals surface area contributed by atoms with Gasteiger partial charge in [-0.1, -0.05) is 39.0 Å². The molecule has 1 N–H and O–H groups in total. The molecule has 0 aromatic heterocycles. The number of rotatable bonds is 1. The van der Waals surface area contributed by atoms with Crippen LogP contribution in [0.4, 0.5) is 10.5 Å². The van der Waals surface area contributed by atoms with E-state index in [0.717, 1.165) is 11.3 Å². The van der Waals surface area contributed by atoms with Crippen molar-refractivity contribution in [2.24, 2.45) is 0 Å². The molecule has 0 heterocycles. The minimum absolute atomic E-state index is 0.0222. The Hall–Kier alpha value is -1.51. The summed E-state index contributed by atoms with van der Waals surface area (Å²) in [4.78, 5) is 11.8. The fourth-order valence-electron chi connectivity index (χ4n) is 1.66. The molecule has 0 aliphatic heterocycles. The van der Waals surface area contributed by atoms with Crippen molar-refractivity contribution in [3.05, 3.63) is 29.8 Å². The molecule has 0 aliphatic carbocycles. The van der Waals surface area contributed by atoms with Crippen LogP contribution >= 0.6 is 0 Å². The summed E-state index contributed by atoms with van der Waals surface area (Å²) >= 11 is 0. The minimum atomic E-state index is -0.485. The van der Waals surface area contributed by atoms with Crippen LogP contribution in [0.3, 0.4) is 0 Å². The van der Waals surface area contributed by atoms with Crippen molar-refractivity contribution in [2.75, 3.05) is 5.32 Å². The van der Waals surface area contributed by atoms with Gasteiger partial charge in [-0.2, -0.15) is 0 Å². The van der Waals surface area contributed by atoms with E-state index >= 15 is 0 Å². The van der Waals surface area contributed by atoms with E-state index in [2.05, 4.69) is 26.1 Å². The highest BCUT2D eigenvalue weighted by atomic mass is 16.6. The predicted octanol–water partition coefficient (Wildman–Crippen LogP) is 4.33. The number of carbonyl (C=O) groups is 1. The maximum atomic E-state index is 11.8. The second kappa shape index (κ2) is 5.01. The summed E-state index contributed by atoms with van der Waals surface area (Å²) in [5.74, 6) is 0. The van der Waals surface area contributed by atoms with Gasteiger partial charge >= 0.3 is 6.09 Å². The molecule has 3 nitrogen and oxygen atoms in total. The van der Waals surface area contributed by atoms with E-state index in [4.69, 9.17) is 4.74 Å². The van der Waals surface area contributed by atoms with E-state index < -0.39 is 11.7 Å². The van der Waals surface area contributed by atoms with Crippen molar-refractivity contribution < 1.29 is 9.53 Å². The van der Waals surface area contributed by atoms with Gasteiger partial charge in [0.1, 0.15) is 5.60 Å². The van der Waals surface area contributed by atoms with Crippen molar-refractivity contribution in [3.8, 4) is 0 Å². The second-order valence-electron chi connectivity index (χ2n) is 6.42. The van der Waals surface area contributed by atoms with Gasteiger partial charge in [-0.3, -0.25) is 5.32 Å². The molecule has 0 spiro atoms. The number of para-hydroxylation sites is 1. The fourth-order valence-corrected chi connectivity index (χ4v) is 1.66. The van der Waals surface area contributed by atoms with Gasteiger partial charge in [-0.15, -0.1) is 0 Å². The largest absolute Gasteiger partial charge is 0.444 e. The zero-order valence-corrected chi connectivity index (χ0v) is 12.1. The van der Waals surface area contributed by atoms with Crippen LogP contribution in [0.2, 0.25) is 0 Å². The van der Waals surface area contributed by atoms with Gasteiger partial charge in [0.05, 0.1) is 0 Å². The Morgan fingerprint density at radius 3 is 2.11 bits per heavy atom. The summed E-state index contributed by atoms with van der Waals surface area (Å²) in [7, 11) is 0. The highest BCUT2D eigenvalue weighted by molar-refractivity contribution is 5.86. The molecule has 0 aliphatic rings. The van der Waals surface area contributed by atoms with Crippen molar-refractivity contribution in [2.45, 2.75) is 52.6 Å². The molecule has 1 rings (SSSR count). The number of benzene rings is 1. The molecule has 0 fully saturated rings. The zero-order chi connectivity index (χ0) is 14.0. The zero-order valence-electron chi connectivity index (χ0n) is 12.1. The average Bonchev–Trinajstić information content (AvgIpc) is 2.13. The van der Waals surface area contributed by atoms with Crippen molar-refractivity contribution in [3.63, 3.8) is 0 Å². The van der Waals surface area contributed by atoms with E-state index in [1.807, 2.05) is 45.0 Å². The van der Waals surface area contributed by atoms with E-state index in [1.165, 1.54) is 0 Å². The molecule has 0 atom stereocenters. The smallest absolute Gasteiger partial charge is 0.412 e. The molecular weight excluding hydrogens is 226 g/mol. The summed E-state index contributed by atoms with van der Waals surface area (Å²) < 4.78 is 5.26. The van der Waals surface area contributed by atoms with Crippen LogP contribution in [0.25, 0.3) is 0 Å². The van der Waals surface area contributed by atoms with Crippen LogP contribution < -0.4 is 5.32 Å². The standard InChI is InChI=1S/C15H23NO2/c1-14(2,3)11-9-7-8-10-12(11)16-13(17)18-15(4,5)6/h7-10H,1-6H3,(H,16,17). The highest BCUT2D eigenvalue weighted by Gasteiger charge is 2.21. The molecule has 3 heteroatoms. The second-order valence-corrected chi connectivity index (χ2v) is 6.42. The van der Waals surface area contributed by atoms with Gasteiger partial charge in [0, 0.05) is 5.69 Å². The third-order valence-electron chi connectivity index (χ3n) is 2.37. The molecule has 1 aromatic carbocycles. The Balaban J connectivity index is 2.89. The van der Waals surface area contributed by atoms with Gasteiger partial charge in [0.2, 0.25) is 0 Å². The summed E-state index contributed by atoms with van der Waals surface area (Å²) in [5, 5.41) is 2.81. The van der Waals surface area contributed by atoms with Crippen molar-refractivity contribution in [1.82, 2.24) is 0 Å². The Morgan fingerprint density at radius 2 is 1.61 bits per heavy atom. The third-order valence-corrected chi connectivity index (χ3v) is 2.37. The van der Waals surface area contributed by atoms with Crippen LogP contribution in [0.5, 0.6) is 0 Å². The maximum Gasteiger partial charge on any atom is 0.412 e. The SMILES string of the molecule is CC(C)(C)OC(=O)Nc1ccccc1C(C)(C)C. The van der Waals surface area contributed by atoms with Gasteiger partial charge in [0.25, 0.3) is 0 Å². The molecular formula is C15H23NO2. The van der Waals surface area contributed by atoms with Crippen LogP contribution in [-0.4, -0.2) is 11.7 Å². The summed E-state index contributed by atoms with van der Waals surface area (Å²) in [6, 6.07) is 7.79. The normalized spacial score (nSPS) is 12.1. The van der Waals surface area contributed by atoms with Crippen molar-refractivity contribution >= 4 is 11.8 Å². The van der Waals surface area contributed by atoms with Crippen LogP contribution in [0.1, 0.15) is 47.1 Å². The molecule has 1 amide bonds. The number of nitrogens with one attached hydrogen (secondary N) is 1. The van der Waals surface area contributed by atoms with Crippen molar-refractivity contribution in [1.29, 1.82) is 0 Å². The van der Waals surface area contributed by atoms with E-state index in [1.54, 1.807) is 0 Å². The number of amides is 1. The average molecular weight is 249 g/mol. The van der Waals surface area contributed by atoms with Crippen LogP contribution in [0, 0.1) is 0 Å². The summed E-state index contributed by atoms with van der Waals surface area (Å²) in [5.41, 5.74) is 1.39. The molecule has 0 unspecified atom stereocenters. The van der Waals surface area contributed by atoms with Crippen LogP contribution in [0.15, 0.2) is 24.3 Å². The number of carbonyl (C=O) groups excluding carboxylic acids is 1. The quantitative estimate of drug-likeness (QED) is 0.804. The topological polar surface area (TPSA) is 38.3 Å². The number of anilines is 1. The Kier molecular flexibility index (Phi) is 4.05. The number of hydrogen-bond donors (Lipinski definition) is 1. The Morgan fingerprint density at radius 1 is 1.06 bits per heavy atom. The lowest BCUT2D eigenvalue weighted by molar-refractivity contribution is 0.0635. The maximum absolute atomic E-state index is 11.8. The Labute approximate surface area is 110 Å². The molecule has 0 saturated heterocycles. The number of ether oxygens (including phenoxy) is 1. The lowest BCUT2D eigenvalue weighted by Gasteiger charge is -2.24. The molecule has 0 radical (unpaired) electrons. The first-order chi connectivity index (χ1) is 8.09. The first-order valence-corrected chi connectivity index (χ1v) is 6.19. The monoisotopic (exact) mass is 249 g/mol. The van der Waals surface area contributed by atoms with E-state index in [9.17, 15) is 4.79 Å². The first kappa shape index (κ1) is 14.6. The third kappa shape index (κ3) is 4.40. The van der Waals surface area contributed by atoms with Crippen LogP contribution in [-0.2, 0) is 10.2 Å². The lowest BCUT2D eigenvalue weighted by Crippen LogP contribution is -2.28. The van der Waals surface area contributed by atoms with Gasteiger partial charge in [-0.25, -0.2) is 4.79 Å². The summed E-state index contributed by atoms with van der Waals surface area (Å²) in [6.07, 6.45) is -0.417. The van der Waals surface area contributed by atoms with Gasteiger partial charge in [0.15, 0.2) is 0 Å². The molecule has 0 bridgehead atoms. The lowest BCUT2D eigenvalue weighted by atomic mass is 9.86. The van der Waals surface area contributed by atoms with Gasteiger partial charge < -0.3 is 4.74 Å². The Bertz CT molecular complexity index is 425. The predicted molar refractivity (Wildman–Crippen MR) is 75.0 cm³/mol. The van der Waals surface area contributed by atoms with E-state index in [0.29, 0.717) is 0 Å². The fraction of sp³-hybridized carbons (Fsp3) is 0.533. The van der Waals surface area contributed by atoms with Gasteiger partial charge in [-0.05, 0) is 37.8 Å². The highest BCUT2D eigenvalue weighted by Crippen LogP contribution is 2.29. The molecule has 0 saturated carbocycles. The molecule has 18 heavy (non-hydrogen) atoms.